The van der Waals surface area contributed by atoms with Gasteiger partial charge in [-0.25, -0.2) is 8.78 Å². The molecule has 2 aliphatic carbocycles. The van der Waals surface area contributed by atoms with Gasteiger partial charge in [-0.15, -0.1) is 0 Å². The van der Waals surface area contributed by atoms with Gasteiger partial charge in [-0.2, -0.15) is 0 Å². The highest BCUT2D eigenvalue weighted by Crippen LogP contribution is 2.36. The van der Waals surface area contributed by atoms with Crippen LogP contribution in [0.25, 0.3) is 0 Å². The van der Waals surface area contributed by atoms with Crippen LogP contribution in [0.3, 0.4) is 0 Å². The summed E-state index contributed by atoms with van der Waals surface area (Å²) in [4.78, 5) is 14.0. The summed E-state index contributed by atoms with van der Waals surface area (Å²) < 4.78 is 27.6. The molecule has 2 fully saturated rings. The molecule has 2 N–H and O–H groups in total. The smallest absolute Gasteiger partial charge is 0.260 e. The van der Waals surface area contributed by atoms with Gasteiger partial charge in [0, 0.05) is 12.6 Å². The van der Waals surface area contributed by atoms with E-state index in [0.29, 0.717) is 12.5 Å². The van der Waals surface area contributed by atoms with E-state index in [1.165, 1.54) is 0 Å². The number of hydrogen-bond donors (Lipinski definition) is 1. The summed E-state index contributed by atoms with van der Waals surface area (Å²) in [6.07, 6.45) is 4.03. The van der Waals surface area contributed by atoms with Crippen LogP contribution in [0.4, 0.5) is 14.5 Å². The predicted molar refractivity (Wildman–Crippen MR) is 67.6 cm³/mol. The first-order valence-electron chi connectivity index (χ1n) is 6.62. The fourth-order valence-corrected chi connectivity index (χ4v) is 2.27. The third-order valence-electron chi connectivity index (χ3n) is 3.74. The van der Waals surface area contributed by atoms with Gasteiger partial charge in [0.05, 0.1) is 5.69 Å². The molecule has 5 heteroatoms. The molecule has 1 amide bonds. The van der Waals surface area contributed by atoms with Gasteiger partial charge in [0.2, 0.25) is 0 Å². The Morgan fingerprint density at radius 2 is 1.95 bits per heavy atom. The lowest BCUT2D eigenvalue weighted by Crippen LogP contribution is -2.36. The van der Waals surface area contributed by atoms with Gasteiger partial charge in [-0.05, 0) is 43.7 Å². The van der Waals surface area contributed by atoms with Crippen LogP contribution < -0.4 is 5.73 Å². The van der Waals surface area contributed by atoms with Crippen molar-refractivity contribution in [1.29, 1.82) is 0 Å². The number of nitrogens with two attached hydrogens (primary N) is 1. The van der Waals surface area contributed by atoms with Crippen LogP contribution in [0.2, 0.25) is 0 Å². The number of amides is 1. The van der Waals surface area contributed by atoms with Gasteiger partial charge in [-0.1, -0.05) is 0 Å². The number of halogens is 2. The van der Waals surface area contributed by atoms with Crippen molar-refractivity contribution in [1.82, 2.24) is 4.90 Å². The SMILES string of the molecule is Nc1ccc(F)c(C(=O)N(CC2CC2)C2CC2)c1F. The Hall–Kier alpha value is -1.65. The van der Waals surface area contributed by atoms with Crippen molar-refractivity contribution in [3.05, 3.63) is 29.3 Å². The number of rotatable bonds is 4. The minimum absolute atomic E-state index is 0.147. The van der Waals surface area contributed by atoms with E-state index in [-0.39, 0.29) is 11.7 Å². The quantitative estimate of drug-likeness (QED) is 0.851. The van der Waals surface area contributed by atoms with Crippen LogP contribution in [0.5, 0.6) is 0 Å². The maximum Gasteiger partial charge on any atom is 0.260 e. The maximum atomic E-state index is 13.9. The Balaban J connectivity index is 1.90. The molecule has 0 atom stereocenters. The molecule has 102 valence electrons. The number of nitrogens with zero attached hydrogens (tertiary/aromatic N) is 1. The summed E-state index contributed by atoms with van der Waals surface area (Å²) in [7, 11) is 0. The summed E-state index contributed by atoms with van der Waals surface area (Å²) in [5.41, 5.74) is 4.73. The number of nitrogen functional groups attached to an aromatic ring is 1. The van der Waals surface area contributed by atoms with Crippen LogP contribution in [0, 0.1) is 17.6 Å². The second-order valence-electron chi connectivity index (χ2n) is 5.46. The molecular formula is C14H16F2N2O. The molecule has 19 heavy (non-hydrogen) atoms. The summed E-state index contributed by atoms with van der Waals surface area (Å²) >= 11 is 0. The molecule has 1 aromatic carbocycles. The highest BCUT2D eigenvalue weighted by atomic mass is 19.1. The van der Waals surface area contributed by atoms with Gasteiger partial charge < -0.3 is 10.6 Å². The third kappa shape index (κ3) is 2.41. The van der Waals surface area contributed by atoms with E-state index in [1.807, 2.05) is 0 Å². The normalized spacial score (nSPS) is 18.4. The highest BCUT2D eigenvalue weighted by molar-refractivity contribution is 5.96. The molecule has 2 aliphatic rings. The molecule has 2 saturated carbocycles. The number of carbonyl (C=O) groups excluding carboxylic acids is 1. The molecule has 1 aromatic rings. The van der Waals surface area contributed by atoms with E-state index >= 15 is 0 Å². The Morgan fingerprint density at radius 3 is 2.53 bits per heavy atom. The second kappa shape index (κ2) is 4.47. The van der Waals surface area contributed by atoms with Crippen molar-refractivity contribution in [3.8, 4) is 0 Å². The highest BCUT2D eigenvalue weighted by Gasteiger charge is 2.38. The minimum atomic E-state index is -0.938. The number of hydrogen-bond acceptors (Lipinski definition) is 2. The molecule has 3 nitrogen and oxygen atoms in total. The molecule has 0 saturated heterocycles. The first-order chi connectivity index (χ1) is 9.08. The van der Waals surface area contributed by atoms with Crippen LogP contribution in [-0.4, -0.2) is 23.4 Å². The summed E-state index contributed by atoms with van der Waals surface area (Å²) in [5.74, 6) is -1.84. The zero-order valence-electron chi connectivity index (χ0n) is 10.5. The predicted octanol–water partition coefficient (Wildman–Crippen LogP) is 2.56. The summed E-state index contributed by atoms with van der Waals surface area (Å²) in [6.45, 7) is 0.608. The average molecular weight is 266 g/mol. The zero-order chi connectivity index (χ0) is 13.6. The Labute approximate surface area is 110 Å². The largest absolute Gasteiger partial charge is 0.396 e. The van der Waals surface area contributed by atoms with Crippen molar-refractivity contribution >= 4 is 11.6 Å². The Morgan fingerprint density at radius 1 is 1.26 bits per heavy atom. The van der Waals surface area contributed by atoms with Crippen LogP contribution >= 0.6 is 0 Å². The van der Waals surface area contributed by atoms with Crippen molar-refractivity contribution in [3.63, 3.8) is 0 Å². The van der Waals surface area contributed by atoms with Gasteiger partial charge in [0.1, 0.15) is 11.4 Å². The second-order valence-corrected chi connectivity index (χ2v) is 5.46. The van der Waals surface area contributed by atoms with Crippen LogP contribution in [-0.2, 0) is 0 Å². The van der Waals surface area contributed by atoms with E-state index in [1.54, 1.807) is 4.90 Å². The zero-order valence-corrected chi connectivity index (χ0v) is 10.5. The van der Waals surface area contributed by atoms with Crippen LogP contribution in [0.15, 0.2) is 12.1 Å². The monoisotopic (exact) mass is 266 g/mol. The summed E-state index contributed by atoms with van der Waals surface area (Å²) in [6, 6.07) is 2.34. The van der Waals surface area contributed by atoms with E-state index in [0.717, 1.165) is 37.8 Å². The fourth-order valence-electron chi connectivity index (χ4n) is 2.27. The first kappa shape index (κ1) is 12.4. The maximum absolute atomic E-state index is 13.9. The number of benzene rings is 1. The van der Waals surface area contributed by atoms with Gasteiger partial charge in [-0.3, -0.25) is 4.79 Å². The number of carbonyl (C=O) groups is 1. The van der Waals surface area contributed by atoms with Gasteiger partial charge in [0.25, 0.3) is 5.91 Å². The summed E-state index contributed by atoms with van der Waals surface area (Å²) in [5, 5.41) is 0. The Kier molecular flexibility index (Phi) is 2.92. The van der Waals surface area contributed by atoms with Gasteiger partial charge >= 0.3 is 0 Å². The minimum Gasteiger partial charge on any atom is -0.396 e. The van der Waals surface area contributed by atoms with Crippen molar-refractivity contribution in [2.75, 3.05) is 12.3 Å². The number of anilines is 1. The molecule has 0 aliphatic heterocycles. The lowest BCUT2D eigenvalue weighted by atomic mass is 10.1. The van der Waals surface area contributed by atoms with E-state index < -0.39 is 23.1 Å². The third-order valence-corrected chi connectivity index (χ3v) is 3.74. The van der Waals surface area contributed by atoms with Gasteiger partial charge in [0.15, 0.2) is 5.82 Å². The molecule has 0 unspecified atom stereocenters. The van der Waals surface area contributed by atoms with Crippen molar-refractivity contribution < 1.29 is 13.6 Å². The first-order valence-corrected chi connectivity index (χ1v) is 6.62. The lowest BCUT2D eigenvalue weighted by Gasteiger charge is -2.23. The molecule has 0 aromatic heterocycles. The van der Waals surface area contributed by atoms with E-state index in [2.05, 4.69) is 0 Å². The van der Waals surface area contributed by atoms with Crippen LogP contribution in [0.1, 0.15) is 36.0 Å². The van der Waals surface area contributed by atoms with E-state index in [4.69, 9.17) is 5.73 Å². The molecule has 0 radical (unpaired) electrons. The fraction of sp³-hybridized carbons (Fsp3) is 0.500. The van der Waals surface area contributed by atoms with Crippen molar-refractivity contribution in [2.24, 2.45) is 5.92 Å². The average Bonchev–Trinajstić information content (AvgIpc) is 3.24. The standard InChI is InChI=1S/C14H16F2N2O/c15-10-5-6-11(17)13(16)12(10)14(19)18(9-3-4-9)7-8-1-2-8/h5-6,8-9H,1-4,7,17H2. The topological polar surface area (TPSA) is 46.3 Å². The molecule has 0 heterocycles. The molecule has 3 rings (SSSR count). The molecule has 0 bridgehead atoms. The van der Waals surface area contributed by atoms with Crippen molar-refractivity contribution in [2.45, 2.75) is 31.7 Å². The van der Waals surface area contributed by atoms with E-state index in [9.17, 15) is 13.6 Å². The lowest BCUT2D eigenvalue weighted by molar-refractivity contribution is 0.0725. The molecule has 0 spiro atoms. The Bertz CT molecular complexity index is 524. The molecular weight excluding hydrogens is 250 g/mol.